The van der Waals surface area contributed by atoms with Gasteiger partial charge in [-0.05, 0) is 17.7 Å². The summed E-state index contributed by atoms with van der Waals surface area (Å²) in [4.78, 5) is 36.3. The van der Waals surface area contributed by atoms with Crippen molar-refractivity contribution < 1.29 is 23.8 Å². The van der Waals surface area contributed by atoms with Gasteiger partial charge in [-0.1, -0.05) is 23.7 Å². The predicted molar refractivity (Wildman–Crippen MR) is 90.5 cm³/mol. The number of aromatic nitrogens is 1. The van der Waals surface area contributed by atoms with E-state index in [9.17, 15) is 14.4 Å². The summed E-state index contributed by atoms with van der Waals surface area (Å²) in [6.45, 7) is 0.147. The molecule has 0 atom stereocenters. The first-order chi connectivity index (χ1) is 11.9. The first-order valence-electron chi connectivity index (χ1n) is 7.15. The maximum atomic E-state index is 12.4. The smallest absolute Gasteiger partial charge is 0.340 e. The zero-order chi connectivity index (χ0) is 18.6. The number of carbonyl (C=O) groups is 2. The first-order valence-corrected chi connectivity index (χ1v) is 7.53. The van der Waals surface area contributed by atoms with Crippen molar-refractivity contribution in [2.75, 3.05) is 21.3 Å². The molecule has 0 aliphatic heterocycles. The number of nitrogens with zero attached hydrogens (tertiary/aromatic N) is 1. The van der Waals surface area contributed by atoms with Crippen molar-refractivity contribution in [3.05, 3.63) is 62.5 Å². The van der Waals surface area contributed by atoms with Gasteiger partial charge in [0.15, 0.2) is 0 Å². The molecular formula is C17H16ClNO6. The number of hydrogen-bond donors (Lipinski definition) is 0. The second-order valence-corrected chi connectivity index (χ2v) is 5.37. The van der Waals surface area contributed by atoms with Gasteiger partial charge in [0.05, 0.1) is 39.0 Å². The van der Waals surface area contributed by atoms with Crippen molar-refractivity contribution in [2.24, 2.45) is 0 Å². The Morgan fingerprint density at radius 3 is 2.16 bits per heavy atom. The Bertz CT molecular complexity index is 857. The van der Waals surface area contributed by atoms with Crippen LogP contribution in [0.3, 0.4) is 0 Å². The molecule has 0 bridgehead atoms. The second-order valence-electron chi connectivity index (χ2n) is 5.00. The number of methoxy groups -OCH3 is 3. The number of benzene rings is 1. The van der Waals surface area contributed by atoms with E-state index in [1.54, 1.807) is 31.4 Å². The van der Waals surface area contributed by atoms with Gasteiger partial charge in [0.25, 0.3) is 5.56 Å². The molecule has 0 fully saturated rings. The molecule has 0 spiro atoms. The lowest BCUT2D eigenvalue weighted by Crippen LogP contribution is -2.27. The molecule has 7 nitrogen and oxygen atoms in total. The van der Waals surface area contributed by atoms with E-state index in [4.69, 9.17) is 16.3 Å². The average molecular weight is 366 g/mol. The average Bonchev–Trinajstić information content (AvgIpc) is 2.64. The van der Waals surface area contributed by atoms with Crippen molar-refractivity contribution in [1.82, 2.24) is 4.57 Å². The van der Waals surface area contributed by atoms with Crippen molar-refractivity contribution in [3.63, 3.8) is 0 Å². The third kappa shape index (κ3) is 3.83. The molecule has 8 heteroatoms. The predicted octanol–water partition coefficient (Wildman–Crippen LogP) is 2.13. The summed E-state index contributed by atoms with van der Waals surface area (Å²) in [5.74, 6) is -1.02. The minimum Gasteiger partial charge on any atom is -0.497 e. The third-order valence-electron chi connectivity index (χ3n) is 3.53. The number of rotatable bonds is 5. The summed E-state index contributed by atoms with van der Waals surface area (Å²) in [6.07, 6.45) is 1.23. The molecular weight excluding hydrogens is 350 g/mol. The molecule has 2 rings (SSSR count). The third-order valence-corrected chi connectivity index (χ3v) is 3.88. The molecule has 1 aromatic carbocycles. The Labute approximate surface area is 148 Å². The van der Waals surface area contributed by atoms with Gasteiger partial charge in [-0.25, -0.2) is 9.59 Å². The molecule has 0 N–H and O–H groups in total. The number of carbonyl (C=O) groups excluding carboxylic acids is 2. The van der Waals surface area contributed by atoms with Gasteiger partial charge in [0.1, 0.15) is 10.8 Å². The number of ether oxygens (including phenoxy) is 3. The van der Waals surface area contributed by atoms with E-state index >= 15 is 0 Å². The fraction of sp³-hybridized carbons (Fsp3) is 0.235. The lowest BCUT2D eigenvalue weighted by Gasteiger charge is -2.13. The van der Waals surface area contributed by atoms with Gasteiger partial charge < -0.3 is 18.8 Å². The molecule has 0 unspecified atom stereocenters. The lowest BCUT2D eigenvalue weighted by atomic mass is 10.1. The van der Waals surface area contributed by atoms with E-state index < -0.39 is 22.5 Å². The Hall–Kier alpha value is -2.80. The minimum absolute atomic E-state index is 0.146. The largest absolute Gasteiger partial charge is 0.497 e. The van der Waals surface area contributed by atoms with Gasteiger partial charge in [0, 0.05) is 6.20 Å². The summed E-state index contributed by atoms with van der Waals surface area (Å²) in [5, 5.41) is -0.400. The monoisotopic (exact) mass is 365 g/mol. The fourth-order valence-corrected chi connectivity index (χ4v) is 2.53. The SMILES string of the molecule is COC(=O)c1cn(Cc2ccc(OC)cc2)c(=O)c(Cl)c1C(=O)OC. The summed E-state index contributed by atoms with van der Waals surface area (Å²) < 4.78 is 15.6. The Morgan fingerprint density at radius 2 is 1.64 bits per heavy atom. The molecule has 0 saturated carbocycles. The van der Waals surface area contributed by atoms with Crippen LogP contribution in [-0.2, 0) is 16.0 Å². The van der Waals surface area contributed by atoms with Crippen molar-refractivity contribution >= 4 is 23.5 Å². The van der Waals surface area contributed by atoms with Crippen LogP contribution in [0.15, 0.2) is 35.3 Å². The van der Waals surface area contributed by atoms with Gasteiger partial charge >= 0.3 is 11.9 Å². The topological polar surface area (TPSA) is 83.8 Å². The van der Waals surface area contributed by atoms with Crippen LogP contribution in [0.4, 0.5) is 0 Å². The van der Waals surface area contributed by atoms with E-state index in [0.717, 1.165) is 19.8 Å². The van der Waals surface area contributed by atoms with E-state index in [1.807, 2.05) is 0 Å². The van der Waals surface area contributed by atoms with Crippen LogP contribution in [0.1, 0.15) is 26.3 Å². The molecule has 0 radical (unpaired) electrons. The highest BCUT2D eigenvalue weighted by atomic mass is 35.5. The van der Waals surface area contributed by atoms with Gasteiger partial charge in [-0.2, -0.15) is 0 Å². The lowest BCUT2D eigenvalue weighted by molar-refractivity contribution is 0.0554. The summed E-state index contributed by atoms with van der Waals surface area (Å²) in [5.41, 5.74) is -0.300. The van der Waals surface area contributed by atoms with Crippen molar-refractivity contribution in [2.45, 2.75) is 6.54 Å². The van der Waals surface area contributed by atoms with E-state index in [0.29, 0.717) is 5.75 Å². The van der Waals surface area contributed by atoms with Crippen LogP contribution >= 0.6 is 11.6 Å². The Balaban J connectivity index is 2.55. The van der Waals surface area contributed by atoms with Crippen LogP contribution in [0.2, 0.25) is 5.02 Å². The van der Waals surface area contributed by atoms with Crippen molar-refractivity contribution in [1.29, 1.82) is 0 Å². The second kappa shape index (κ2) is 7.85. The standard InChI is InChI=1S/C17H16ClNO6/c1-23-11-6-4-10(5-7-11)8-19-9-12(16(21)24-2)13(17(22)25-3)14(18)15(19)20/h4-7,9H,8H2,1-3H3. The van der Waals surface area contributed by atoms with E-state index in [2.05, 4.69) is 9.47 Å². The van der Waals surface area contributed by atoms with Gasteiger partial charge in [0.2, 0.25) is 0 Å². The molecule has 132 valence electrons. The van der Waals surface area contributed by atoms with Crippen LogP contribution in [-0.4, -0.2) is 37.8 Å². The normalized spacial score (nSPS) is 10.2. The Kier molecular flexibility index (Phi) is 5.82. The van der Waals surface area contributed by atoms with Crippen LogP contribution in [0, 0.1) is 0 Å². The molecule has 1 aromatic heterocycles. The van der Waals surface area contributed by atoms with Crippen LogP contribution in [0.25, 0.3) is 0 Å². The highest BCUT2D eigenvalue weighted by molar-refractivity contribution is 6.34. The summed E-state index contributed by atoms with van der Waals surface area (Å²) in [6, 6.07) is 7.02. The van der Waals surface area contributed by atoms with E-state index in [1.165, 1.54) is 10.8 Å². The highest BCUT2D eigenvalue weighted by Gasteiger charge is 2.25. The van der Waals surface area contributed by atoms with Crippen LogP contribution in [0.5, 0.6) is 5.75 Å². The Morgan fingerprint density at radius 1 is 1.04 bits per heavy atom. The highest BCUT2D eigenvalue weighted by Crippen LogP contribution is 2.19. The van der Waals surface area contributed by atoms with Gasteiger partial charge in [-0.3, -0.25) is 4.79 Å². The van der Waals surface area contributed by atoms with E-state index in [-0.39, 0.29) is 17.7 Å². The number of pyridine rings is 1. The number of halogens is 1. The van der Waals surface area contributed by atoms with Crippen LogP contribution < -0.4 is 10.3 Å². The fourth-order valence-electron chi connectivity index (χ4n) is 2.24. The zero-order valence-electron chi connectivity index (χ0n) is 13.9. The molecule has 0 amide bonds. The van der Waals surface area contributed by atoms with Crippen molar-refractivity contribution in [3.8, 4) is 5.75 Å². The van der Waals surface area contributed by atoms with Gasteiger partial charge in [-0.15, -0.1) is 0 Å². The number of hydrogen-bond acceptors (Lipinski definition) is 6. The maximum absolute atomic E-state index is 12.4. The maximum Gasteiger partial charge on any atom is 0.340 e. The molecule has 25 heavy (non-hydrogen) atoms. The quantitative estimate of drug-likeness (QED) is 0.755. The molecule has 0 aliphatic carbocycles. The molecule has 2 aromatic rings. The summed E-state index contributed by atoms with van der Waals surface area (Å²) in [7, 11) is 3.84. The molecule has 0 aliphatic rings. The zero-order valence-corrected chi connectivity index (χ0v) is 14.6. The number of esters is 2. The molecule has 0 saturated heterocycles. The minimum atomic E-state index is -0.890. The first kappa shape index (κ1) is 18.5. The molecule has 1 heterocycles. The summed E-state index contributed by atoms with van der Waals surface area (Å²) >= 11 is 6.03.